The Kier molecular flexibility index (Phi) is 9.33. The summed E-state index contributed by atoms with van der Waals surface area (Å²) in [6.45, 7) is 1.04. The van der Waals surface area contributed by atoms with Crippen LogP contribution >= 0.6 is 0 Å². The van der Waals surface area contributed by atoms with Gasteiger partial charge in [0.1, 0.15) is 12.7 Å². The molecule has 1 unspecified atom stereocenters. The highest BCUT2D eigenvalue weighted by Crippen LogP contribution is 2.03. The van der Waals surface area contributed by atoms with E-state index in [0.29, 0.717) is 13.2 Å². The maximum absolute atomic E-state index is 11.8. The zero-order valence-electron chi connectivity index (χ0n) is 14.5. The van der Waals surface area contributed by atoms with Crippen molar-refractivity contribution >= 4 is 30.1 Å². The highest BCUT2D eigenvalue weighted by molar-refractivity contribution is 5.92. The first kappa shape index (κ1) is 21.0. The van der Waals surface area contributed by atoms with E-state index in [0.717, 1.165) is 24.3 Å². The maximum atomic E-state index is 11.8. The van der Waals surface area contributed by atoms with Crippen LogP contribution in [0.2, 0.25) is 0 Å². The number of nitrogens with zero attached hydrogens (tertiary/aromatic N) is 2. The molecule has 0 aliphatic carbocycles. The Morgan fingerprint density at radius 3 is 2.12 bits per heavy atom. The van der Waals surface area contributed by atoms with Crippen LogP contribution in [-0.2, 0) is 38.1 Å². The van der Waals surface area contributed by atoms with Crippen LogP contribution in [0.5, 0.6) is 0 Å². The average Bonchev–Trinajstić information content (AvgIpc) is 3.14. The van der Waals surface area contributed by atoms with Crippen LogP contribution in [0, 0.1) is 0 Å². The van der Waals surface area contributed by atoms with Gasteiger partial charge in [0.2, 0.25) is 0 Å². The number of esters is 4. The third kappa shape index (κ3) is 8.73. The summed E-state index contributed by atoms with van der Waals surface area (Å²) in [5, 5.41) is 0. The second kappa shape index (κ2) is 11.5. The standard InChI is InChI=1S/C16H20N2O8/c1-23-13(19)3-5-15(21)25-10-12(9-18-8-7-17-11-18)26-16(22)6-4-14(20)24-2/h3-7,12H,8-11H2,1-2H3/b5-3+,6-4+. The smallest absolute Gasteiger partial charge is 0.331 e. The summed E-state index contributed by atoms with van der Waals surface area (Å²) in [6, 6.07) is 0. The van der Waals surface area contributed by atoms with Gasteiger partial charge in [-0.3, -0.25) is 9.89 Å². The van der Waals surface area contributed by atoms with E-state index in [1.54, 1.807) is 6.21 Å². The minimum absolute atomic E-state index is 0.237. The second-order valence-electron chi connectivity index (χ2n) is 4.94. The molecule has 0 fully saturated rings. The summed E-state index contributed by atoms with van der Waals surface area (Å²) in [6.07, 6.45) is 4.57. The molecule has 26 heavy (non-hydrogen) atoms. The zero-order valence-corrected chi connectivity index (χ0v) is 14.5. The number of rotatable bonds is 9. The Labute approximate surface area is 150 Å². The molecular weight excluding hydrogens is 348 g/mol. The van der Waals surface area contributed by atoms with Gasteiger partial charge in [0.05, 0.1) is 20.9 Å². The van der Waals surface area contributed by atoms with Crippen molar-refractivity contribution in [1.29, 1.82) is 0 Å². The van der Waals surface area contributed by atoms with Gasteiger partial charge >= 0.3 is 23.9 Å². The van der Waals surface area contributed by atoms with Gasteiger partial charge in [-0.25, -0.2) is 19.2 Å². The van der Waals surface area contributed by atoms with E-state index >= 15 is 0 Å². The van der Waals surface area contributed by atoms with Crippen molar-refractivity contribution in [1.82, 2.24) is 4.90 Å². The number of carbonyl (C=O) groups excluding carboxylic acids is 4. The van der Waals surface area contributed by atoms with Gasteiger partial charge in [0.15, 0.2) is 0 Å². The van der Waals surface area contributed by atoms with E-state index in [-0.39, 0.29) is 13.2 Å². The Morgan fingerprint density at radius 1 is 1.00 bits per heavy atom. The van der Waals surface area contributed by atoms with Crippen LogP contribution in [-0.4, -0.2) is 81.7 Å². The molecule has 1 rings (SSSR count). The topological polar surface area (TPSA) is 121 Å². The molecule has 0 spiro atoms. The quantitative estimate of drug-likeness (QED) is 0.294. The lowest BCUT2D eigenvalue weighted by Gasteiger charge is -2.22. The van der Waals surface area contributed by atoms with Gasteiger partial charge < -0.3 is 18.9 Å². The van der Waals surface area contributed by atoms with Gasteiger partial charge in [-0.15, -0.1) is 0 Å². The number of methoxy groups -OCH3 is 2. The predicted octanol–water partition coefficient (Wildman–Crippen LogP) is -0.756. The van der Waals surface area contributed by atoms with Crippen LogP contribution in [0.1, 0.15) is 0 Å². The van der Waals surface area contributed by atoms with E-state index in [4.69, 9.17) is 9.47 Å². The fourth-order valence-corrected chi connectivity index (χ4v) is 1.78. The predicted molar refractivity (Wildman–Crippen MR) is 88.1 cm³/mol. The molecule has 0 amide bonds. The molecule has 0 saturated carbocycles. The van der Waals surface area contributed by atoms with Gasteiger partial charge in [-0.1, -0.05) is 0 Å². The second-order valence-corrected chi connectivity index (χ2v) is 4.94. The number of carbonyl (C=O) groups is 4. The van der Waals surface area contributed by atoms with Crippen molar-refractivity contribution in [2.24, 2.45) is 4.99 Å². The first-order chi connectivity index (χ1) is 12.4. The Morgan fingerprint density at radius 2 is 1.58 bits per heavy atom. The molecule has 0 aromatic rings. The SMILES string of the molecule is COC(=O)/C=C/C(=O)OCC(CN1CC=NC1)OC(=O)/C=C/C(=O)OC. The van der Waals surface area contributed by atoms with Gasteiger partial charge in [0, 0.05) is 43.6 Å². The van der Waals surface area contributed by atoms with E-state index in [1.807, 2.05) is 4.90 Å². The minimum Gasteiger partial charge on any atom is -0.466 e. The van der Waals surface area contributed by atoms with E-state index in [9.17, 15) is 19.2 Å². The zero-order chi connectivity index (χ0) is 19.4. The first-order valence-electron chi connectivity index (χ1n) is 7.54. The molecule has 1 aliphatic heterocycles. The summed E-state index contributed by atoms with van der Waals surface area (Å²) in [5.74, 6) is -2.99. The maximum Gasteiger partial charge on any atom is 0.331 e. The summed E-state index contributed by atoms with van der Waals surface area (Å²) in [5.41, 5.74) is 0. The normalized spacial score (nSPS) is 15.2. The van der Waals surface area contributed by atoms with Crippen LogP contribution in [0.4, 0.5) is 0 Å². The largest absolute Gasteiger partial charge is 0.466 e. The average molecular weight is 368 g/mol. The van der Waals surface area contributed by atoms with Crippen molar-refractivity contribution in [3.8, 4) is 0 Å². The highest BCUT2D eigenvalue weighted by Gasteiger charge is 2.20. The molecule has 1 atom stereocenters. The number of hydrogen-bond donors (Lipinski definition) is 0. The lowest BCUT2D eigenvalue weighted by Crippen LogP contribution is -2.37. The molecule has 0 saturated heterocycles. The summed E-state index contributed by atoms with van der Waals surface area (Å²) in [7, 11) is 2.35. The molecular formula is C16H20N2O8. The lowest BCUT2D eigenvalue weighted by molar-refractivity contribution is -0.153. The highest BCUT2D eigenvalue weighted by atomic mass is 16.6. The number of hydrogen-bond acceptors (Lipinski definition) is 10. The van der Waals surface area contributed by atoms with Crippen LogP contribution in [0.3, 0.4) is 0 Å². The first-order valence-corrected chi connectivity index (χ1v) is 7.54. The number of ether oxygens (including phenoxy) is 4. The lowest BCUT2D eigenvalue weighted by atomic mass is 10.3. The van der Waals surface area contributed by atoms with E-state index in [1.165, 1.54) is 14.2 Å². The number of aliphatic imine (C=N–C) groups is 1. The third-order valence-corrected chi connectivity index (χ3v) is 3.02. The molecule has 142 valence electrons. The molecule has 10 heteroatoms. The summed E-state index contributed by atoms with van der Waals surface area (Å²) >= 11 is 0. The summed E-state index contributed by atoms with van der Waals surface area (Å²) in [4.78, 5) is 51.2. The molecule has 0 aromatic carbocycles. The molecule has 0 radical (unpaired) electrons. The summed E-state index contributed by atoms with van der Waals surface area (Å²) < 4.78 is 18.9. The Bertz CT molecular complexity index is 603. The van der Waals surface area contributed by atoms with E-state index < -0.39 is 30.0 Å². The molecule has 1 aliphatic rings. The molecule has 0 N–H and O–H groups in total. The van der Waals surface area contributed by atoms with Crippen LogP contribution in [0.25, 0.3) is 0 Å². The molecule has 0 bridgehead atoms. The monoisotopic (exact) mass is 368 g/mol. The minimum atomic E-state index is -0.792. The Balaban J connectivity index is 2.57. The van der Waals surface area contributed by atoms with Crippen molar-refractivity contribution < 1.29 is 38.1 Å². The van der Waals surface area contributed by atoms with Crippen molar-refractivity contribution in [2.45, 2.75) is 6.10 Å². The molecule has 0 aromatic heterocycles. The van der Waals surface area contributed by atoms with Crippen molar-refractivity contribution in [2.75, 3.05) is 40.6 Å². The van der Waals surface area contributed by atoms with Gasteiger partial charge in [-0.05, 0) is 0 Å². The fraction of sp³-hybridized carbons (Fsp3) is 0.438. The van der Waals surface area contributed by atoms with Gasteiger partial charge in [0.25, 0.3) is 0 Å². The van der Waals surface area contributed by atoms with Gasteiger partial charge in [-0.2, -0.15) is 0 Å². The van der Waals surface area contributed by atoms with Crippen molar-refractivity contribution in [3.05, 3.63) is 24.3 Å². The fourth-order valence-electron chi connectivity index (χ4n) is 1.78. The third-order valence-electron chi connectivity index (χ3n) is 3.02. The van der Waals surface area contributed by atoms with E-state index in [2.05, 4.69) is 14.5 Å². The van der Waals surface area contributed by atoms with Crippen molar-refractivity contribution in [3.63, 3.8) is 0 Å². The van der Waals surface area contributed by atoms with Crippen LogP contribution < -0.4 is 0 Å². The van der Waals surface area contributed by atoms with Crippen LogP contribution in [0.15, 0.2) is 29.3 Å². The Hall–Kier alpha value is -3.01. The molecule has 1 heterocycles. The molecule has 10 nitrogen and oxygen atoms in total.